The summed E-state index contributed by atoms with van der Waals surface area (Å²) < 4.78 is 0.602. The molecular weight excluding hydrogens is 250 g/mol. The Balaban J connectivity index is 2.76. The molecule has 5 nitrogen and oxygen atoms in total. The van der Waals surface area contributed by atoms with Crippen LogP contribution in [0, 0.1) is 0 Å². The van der Waals surface area contributed by atoms with Crippen LogP contribution < -0.4 is 5.11 Å². The Bertz CT molecular complexity index is 515. The smallest absolute Gasteiger partial charge is 0.108 e. The van der Waals surface area contributed by atoms with Crippen molar-refractivity contribution in [2.45, 2.75) is 0 Å². The van der Waals surface area contributed by atoms with E-state index in [1.54, 1.807) is 0 Å². The van der Waals surface area contributed by atoms with Gasteiger partial charge in [0, 0.05) is 6.20 Å². The van der Waals surface area contributed by atoms with Crippen LogP contribution in [0.3, 0.4) is 0 Å². The molecule has 0 saturated carbocycles. The van der Waals surface area contributed by atoms with Crippen molar-refractivity contribution in [3.05, 3.63) is 28.8 Å². The molecule has 2 heterocycles. The normalized spacial score (nSPS) is 10.4. The summed E-state index contributed by atoms with van der Waals surface area (Å²) in [6, 6.07) is 0. The molecule has 2 aromatic heterocycles. The molecule has 0 atom stereocenters. The number of carbonyl (C=O) groups excluding carboxylic acids is 1. The average Bonchev–Trinajstić information content (AvgIpc) is 2.18. The maximum Gasteiger partial charge on any atom is 0.108 e. The van der Waals surface area contributed by atoms with Gasteiger partial charge in [0.05, 0.1) is 22.8 Å². The molecule has 0 radical (unpaired) electrons. The van der Waals surface area contributed by atoms with Crippen LogP contribution >= 0.6 is 15.9 Å². The Labute approximate surface area is 87.0 Å². The molecule has 0 fully saturated rings. The van der Waals surface area contributed by atoms with Crippen molar-refractivity contribution in [1.29, 1.82) is 0 Å². The van der Waals surface area contributed by atoms with Gasteiger partial charge in [-0.1, -0.05) is 0 Å². The van der Waals surface area contributed by atoms with E-state index < -0.39 is 5.97 Å². The molecule has 70 valence electrons. The lowest BCUT2D eigenvalue weighted by Crippen LogP contribution is -2.23. The Morgan fingerprint density at radius 1 is 1.36 bits per heavy atom. The summed E-state index contributed by atoms with van der Waals surface area (Å²) in [4.78, 5) is 22.1. The van der Waals surface area contributed by atoms with E-state index in [2.05, 4.69) is 30.9 Å². The number of aromatic nitrogens is 3. The van der Waals surface area contributed by atoms with E-state index >= 15 is 0 Å². The summed E-state index contributed by atoms with van der Waals surface area (Å²) in [7, 11) is 0. The maximum absolute atomic E-state index is 10.5. The van der Waals surface area contributed by atoms with E-state index in [0.29, 0.717) is 15.5 Å². The van der Waals surface area contributed by atoms with Gasteiger partial charge in [0.25, 0.3) is 0 Å². The van der Waals surface area contributed by atoms with E-state index in [1.165, 1.54) is 12.4 Å². The van der Waals surface area contributed by atoms with E-state index in [9.17, 15) is 9.90 Å². The van der Waals surface area contributed by atoms with Crippen molar-refractivity contribution < 1.29 is 9.90 Å². The Hall–Kier alpha value is -1.56. The summed E-state index contributed by atoms with van der Waals surface area (Å²) in [5.41, 5.74) is 0.801. The lowest BCUT2D eigenvalue weighted by molar-refractivity contribution is -0.255. The quantitative estimate of drug-likeness (QED) is 0.722. The zero-order valence-corrected chi connectivity index (χ0v) is 8.35. The van der Waals surface area contributed by atoms with E-state index in [1.807, 2.05) is 0 Å². The van der Waals surface area contributed by atoms with Crippen LogP contribution in [0.4, 0.5) is 0 Å². The predicted octanol–water partition coefficient (Wildman–Crippen LogP) is 0.151. The zero-order valence-electron chi connectivity index (χ0n) is 6.77. The number of carboxylic acids is 1. The number of pyridine rings is 1. The van der Waals surface area contributed by atoms with Crippen molar-refractivity contribution >= 4 is 32.9 Å². The first-order valence-corrected chi connectivity index (χ1v) is 4.45. The predicted molar refractivity (Wildman–Crippen MR) is 49.4 cm³/mol. The van der Waals surface area contributed by atoms with E-state index in [-0.39, 0.29) is 5.69 Å². The van der Waals surface area contributed by atoms with E-state index in [4.69, 9.17) is 0 Å². The van der Waals surface area contributed by atoms with Crippen LogP contribution in [-0.2, 0) is 0 Å². The standard InChI is InChI=1S/C8H4BrN3O2/c9-4-1-10-2-5-7(4)12-6(3-11-5)8(13)14/h1-3H,(H,13,14)/p-1. The summed E-state index contributed by atoms with van der Waals surface area (Å²) in [5, 5.41) is 10.5. The molecule has 0 aliphatic heterocycles. The fourth-order valence-corrected chi connectivity index (χ4v) is 1.41. The molecule has 0 saturated heterocycles. The SMILES string of the molecule is O=C([O-])c1cnc2cncc(Br)c2n1. The monoisotopic (exact) mass is 252 g/mol. The highest BCUT2D eigenvalue weighted by molar-refractivity contribution is 9.10. The second kappa shape index (κ2) is 3.30. The molecule has 6 heteroatoms. The second-order valence-corrected chi connectivity index (χ2v) is 3.39. The minimum Gasteiger partial charge on any atom is -0.543 e. The molecule has 0 amide bonds. The molecule has 14 heavy (non-hydrogen) atoms. The Morgan fingerprint density at radius 3 is 2.86 bits per heavy atom. The van der Waals surface area contributed by atoms with Crippen molar-refractivity contribution in [2.75, 3.05) is 0 Å². The minimum atomic E-state index is -1.34. The number of rotatable bonds is 1. The molecule has 2 rings (SSSR count). The third-order valence-electron chi connectivity index (χ3n) is 1.62. The van der Waals surface area contributed by atoms with Gasteiger partial charge in [-0.15, -0.1) is 0 Å². The average molecular weight is 253 g/mol. The summed E-state index contributed by atoms with van der Waals surface area (Å²) in [6.07, 6.45) is 4.17. The number of aromatic carboxylic acids is 1. The number of carboxylic acid groups (broad SMARTS) is 1. The molecule has 0 aliphatic rings. The first kappa shape index (κ1) is 9.01. The van der Waals surface area contributed by atoms with Gasteiger partial charge in [0.2, 0.25) is 0 Å². The molecule has 0 aromatic carbocycles. The van der Waals surface area contributed by atoms with Gasteiger partial charge in [-0.05, 0) is 15.9 Å². The van der Waals surface area contributed by atoms with Gasteiger partial charge >= 0.3 is 0 Å². The lowest BCUT2D eigenvalue weighted by Gasteiger charge is -2.02. The first-order valence-electron chi connectivity index (χ1n) is 3.66. The Morgan fingerprint density at radius 2 is 2.14 bits per heavy atom. The zero-order chi connectivity index (χ0) is 10.1. The number of nitrogens with zero attached hydrogens (tertiary/aromatic N) is 3. The van der Waals surface area contributed by atoms with Gasteiger partial charge in [0.15, 0.2) is 0 Å². The largest absolute Gasteiger partial charge is 0.543 e. The van der Waals surface area contributed by atoms with Crippen molar-refractivity contribution in [2.24, 2.45) is 0 Å². The van der Waals surface area contributed by atoms with Gasteiger partial charge in [-0.25, -0.2) is 4.98 Å². The fourth-order valence-electron chi connectivity index (χ4n) is 1.00. The molecule has 0 bridgehead atoms. The highest BCUT2D eigenvalue weighted by atomic mass is 79.9. The molecule has 2 aromatic rings. The lowest BCUT2D eigenvalue weighted by atomic mass is 10.3. The fraction of sp³-hybridized carbons (Fsp3) is 0. The summed E-state index contributed by atoms with van der Waals surface area (Å²) in [6.45, 7) is 0. The number of hydrogen-bond donors (Lipinski definition) is 0. The van der Waals surface area contributed by atoms with Crippen molar-refractivity contribution in [1.82, 2.24) is 15.0 Å². The van der Waals surface area contributed by atoms with Crippen molar-refractivity contribution in [3.8, 4) is 0 Å². The van der Waals surface area contributed by atoms with Crippen LogP contribution in [0.5, 0.6) is 0 Å². The van der Waals surface area contributed by atoms with Crippen LogP contribution in [0.15, 0.2) is 23.1 Å². The van der Waals surface area contributed by atoms with E-state index in [0.717, 1.165) is 6.20 Å². The number of carbonyl (C=O) groups is 1. The number of halogens is 1. The minimum absolute atomic E-state index is 0.190. The topological polar surface area (TPSA) is 78.8 Å². The number of hydrogen-bond acceptors (Lipinski definition) is 5. The highest BCUT2D eigenvalue weighted by Crippen LogP contribution is 2.18. The third-order valence-corrected chi connectivity index (χ3v) is 2.20. The van der Waals surface area contributed by atoms with Crippen LogP contribution in [0.1, 0.15) is 10.5 Å². The van der Waals surface area contributed by atoms with Crippen LogP contribution in [0.25, 0.3) is 11.0 Å². The molecule has 0 N–H and O–H groups in total. The number of fused-ring (bicyclic) bond motifs is 1. The van der Waals surface area contributed by atoms with Gasteiger partial charge in [-0.3, -0.25) is 9.97 Å². The summed E-state index contributed by atoms with van der Waals surface area (Å²) >= 11 is 3.20. The second-order valence-electron chi connectivity index (χ2n) is 2.53. The maximum atomic E-state index is 10.5. The molecule has 0 spiro atoms. The van der Waals surface area contributed by atoms with Gasteiger partial charge in [0.1, 0.15) is 16.7 Å². The van der Waals surface area contributed by atoms with Crippen LogP contribution in [0.2, 0.25) is 0 Å². The van der Waals surface area contributed by atoms with Crippen molar-refractivity contribution in [3.63, 3.8) is 0 Å². The molecular formula is C8H3BrN3O2-. The molecule has 0 unspecified atom stereocenters. The van der Waals surface area contributed by atoms with Crippen LogP contribution in [-0.4, -0.2) is 20.9 Å². The highest BCUT2D eigenvalue weighted by Gasteiger charge is 2.03. The van der Waals surface area contributed by atoms with Gasteiger partial charge in [-0.2, -0.15) is 0 Å². The molecule has 0 aliphatic carbocycles. The Kier molecular flexibility index (Phi) is 2.12. The third kappa shape index (κ3) is 1.44. The summed E-state index contributed by atoms with van der Waals surface area (Å²) in [5.74, 6) is -1.34. The first-order chi connectivity index (χ1) is 6.68. The van der Waals surface area contributed by atoms with Gasteiger partial charge < -0.3 is 9.90 Å².